The molecule has 0 aromatic carbocycles. The van der Waals surface area contributed by atoms with Gasteiger partial charge in [0.25, 0.3) is 0 Å². The molecule has 1 saturated heterocycles. The van der Waals surface area contributed by atoms with Crippen LogP contribution in [-0.2, 0) is 9.84 Å². The van der Waals surface area contributed by atoms with Crippen molar-refractivity contribution in [3.8, 4) is 0 Å². The van der Waals surface area contributed by atoms with Crippen LogP contribution in [0, 0.1) is 0 Å². The normalized spacial score (nSPS) is 33.1. The first-order valence-electron chi connectivity index (χ1n) is 4.37. The van der Waals surface area contributed by atoms with Gasteiger partial charge in [-0.1, -0.05) is 0 Å². The monoisotopic (exact) mass is 206 g/mol. The third-order valence-corrected chi connectivity index (χ3v) is 4.32. The van der Waals surface area contributed by atoms with E-state index in [1.54, 1.807) is 0 Å². The van der Waals surface area contributed by atoms with Gasteiger partial charge in [0.15, 0.2) is 9.84 Å². The number of hydrogen-bond acceptors (Lipinski definition) is 4. The van der Waals surface area contributed by atoms with Crippen LogP contribution in [0.2, 0.25) is 0 Å². The van der Waals surface area contributed by atoms with Crippen LogP contribution in [0.4, 0.5) is 0 Å². The zero-order valence-electron chi connectivity index (χ0n) is 8.69. The van der Waals surface area contributed by atoms with E-state index >= 15 is 0 Å². The summed E-state index contributed by atoms with van der Waals surface area (Å²) in [5.41, 5.74) is 0. The average Bonchev–Trinajstić information content (AvgIpc) is 2.26. The predicted molar refractivity (Wildman–Crippen MR) is 53.6 cm³/mol. The molecule has 0 amide bonds. The number of sulfone groups is 1. The minimum Gasteiger partial charge on any atom is -0.304 e. The molecule has 78 valence electrons. The van der Waals surface area contributed by atoms with Crippen LogP contribution in [0.1, 0.15) is 0 Å². The highest BCUT2D eigenvalue weighted by Crippen LogP contribution is 2.19. The first kappa shape index (κ1) is 10.9. The van der Waals surface area contributed by atoms with Crippen LogP contribution in [-0.4, -0.2) is 70.0 Å². The van der Waals surface area contributed by atoms with Crippen molar-refractivity contribution in [3.05, 3.63) is 0 Å². The lowest BCUT2D eigenvalue weighted by atomic mass is 10.1. The molecular weight excluding hydrogens is 188 g/mol. The van der Waals surface area contributed by atoms with Gasteiger partial charge in [0.05, 0.1) is 11.5 Å². The van der Waals surface area contributed by atoms with Crippen molar-refractivity contribution in [2.45, 2.75) is 12.1 Å². The van der Waals surface area contributed by atoms with E-state index in [2.05, 4.69) is 0 Å². The van der Waals surface area contributed by atoms with Crippen molar-refractivity contribution in [1.82, 2.24) is 9.80 Å². The summed E-state index contributed by atoms with van der Waals surface area (Å²) in [7, 11) is 4.91. The number of rotatable bonds is 2. The van der Waals surface area contributed by atoms with Crippen molar-refractivity contribution in [3.63, 3.8) is 0 Å². The van der Waals surface area contributed by atoms with Gasteiger partial charge in [0.2, 0.25) is 0 Å². The summed E-state index contributed by atoms with van der Waals surface area (Å²) in [5, 5.41) is 0. The molecule has 5 heteroatoms. The lowest BCUT2D eigenvalue weighted by molar-refractivity contribution is 0.191. The minimum absolute atomic E-state index is 0.139. The fraction of sp³-hybridized carbons (Fsp3) is 1.00. The maximum Gasteiger partial charge on any atom is 0.153 e. The number of likely N-dealkylation sites (N-methyl/N-ethyl adjacent to an activating group) is 2. The van der Waals surface area contributed by atoms with E-state index < -0.39 is 9.84 Å². The van der Waals surface area contributed by atoms with Gasteiger partial charge < -0.3 is 9.80 Å². The average molecular weight is 206 g/mol. The quantitative estimate of drug-likeness (QED) is 0.597. The van der Waals surface area contributed by atoms with E-state index in [1.165, 1.54) is 0 Å². The van der Waals surface area contributed by atoms with Crippen LogP contribution in [0.3, 0.4) is 0 Å². The summed E-state index contributed by atoms with van der Waals surface area (Å²) in [5.74, 6) is 0.589. The molecule has 0 radical (unpaired) electrons. The Labute approximate surface area is 80.4 Å². The van der Waals surface area contributed by atoms with Gasteiger partial charge in [-0.15, -0.1) is 0 Å². The molecule has 1 rings (SSSR count). The van der Waals surface area contributed by atoms with Gasteiger partial charge in [0.1, 0.15) is 0 Å². The molecule has 4 nitrogen and oxygen atoms in total. The largest absolute Gasteiger partial charge is 0.304 e. The van der Waals surface area contributed by atoms with Gasteiger partial charge >= 0.3 is 0 Å². The van der Waals surface area contributed by atoms with Crippen molar-refractivity contribution >= 4 is 9.84 Å². The summed E-state index contributed by atoms with van der Waals surface area (Å²) in [4.78, 5) is 3.99. The SMILES string of the molecule is CN(C)[C@@H]1CS(=O)(=O)C[C@@H]1N(C)C. The molecule has 0 bridgehead atoms. The second-order valence-electron chi connectivity index (χ2n) is 4.14. The standard InChI is InChI=1S/C8H18N2O2S/c1-9(2)7-5-13(11,12)6-8(7)10(3)4/h7-8H,5-6H2,1-4H3/t7-,8+. The van der Waals surface area contributed by atoms with E-state index in [9.17, 15) is 8.42 Å². The molecule has 0 N–H and O–H groups in total. The van der Waals surface area contributed by atoms with Crippen LogP contribution < -0.4 is 0 Å². The summed E-state index contributed by atoms with van der Waals surface area (Å²) < 4.78 is 22.8. The van der Waals surface area contributed by atoms with Crippen LogP contribution >= 0.6 is 0 Å². The lowest BCUT2D eigenvalue weighted by Gasteiger charge is -2.29. The Balaban J connectivity index is 2.84. The lowest BCUT2D eigenvalue weighted by Crippen LogP contribution is -2.45. The topological polar surface area (TPSA) is 40.6 Å². The molecule has 0 saturated carbocycles. The number of hydrogen-bond donors (Lipinski definition) is 0. The molecular formula is C8H18N2O2S. The molecule has 2 atom stereocenters. The maximum atomic E-state index is 11.4. The summed E-state index contributed by atoms with van der Waals surface area (Å²) in [6.45, 7) is 0. The smallest absolute Gasteiger partial charge is 0.153 e. The van der Waals surface area contributed by atoms with Crippen LogP contribution in [0.5, 0.6) is 0 Å². The molecule has 1 aliphatic heterocycles. The molecule has 0 spiro atoms. The predicted octanol–water partition coefficient (Wildman–Crippen LogP) is -0.725. The van der Waals surface area contributed by atoms with Crippen molar-refractivity contribution in [2.75, 3.05) is 39.7 Å². The highest BCUT2D eigenvalue weighted by atomic mass is 32.2. The van der Waals surface area contributed by atoms with E-state index in [0.717, 1.165) is 0 Å². The molecule has 0 aromatic heterocycles. The molecule has 1 heterocycles. The number of nitrogens with zero attached hydrogens (tertiary/aromatic N) is 2. The summed E-state index contributed by atoms with van der Waals surface area (Å²) in [6, 6.07) is 0.278. The van der Waals surface area contributed by atoms with E-state index in [1.807, 2.05) is 38.0 Å². The van der Waals surface area contributed by atoms with Gasteiger partial charge in [0, 0.05) is 12.1 Å². The third kappa shape index (κ3) is 2.42. The Morgan fingerprint density at radius 3 is 1.46 bits per heavy atom. The van der Waals surface area contributed by atoms with Crippen LogP contribution in [0.15, 0.2) is 0 Å². The molecule has 1 fully saturated rings. The fourth-order valence-corrected chi connectivity index (χ4v) is 4.01. The molecule has 13 heavy (non-hydrogen) atoms. The Bertz CT molecular complexity index is 250. The van der Waals surface area contributed by atoms with E-state index in [4.69, 9.17) is 0 Å². The van der Waals surface area contributed by atoms with E-state index in [-0.39, 0.29) is 12.1 Å². The molecule has 0 aromatic rings. The van der Waals surface area contributed by atoms with Gasteiger partial charge in [-0.25, -0.2) is 8.42 Å². The van der Waals surface area contributed by atoms with Crippen LogP contribution in [0.25, 0.3) is 0 Å². The first-order chi connectivity index (χ1) is 5.83. The van der Waals surface area contributed by atoms with Gasteiger partial charge in [-0.05, 0) is 28.2 Å². The zero-order chi connectivity index (χ0) is 10.2. The Hall–Kier alpha value is -0.130. The van der Waals surface area contributed by atoms with Gasteiger partial charge in [-0.2, -0.15) is 0 Å². The first-order valence-corrected chi connectivity index (χ1v) is 6.19. The Morgan fingerprint density at radius 2 is 1.23 bits per heavy atom. The zero-order valence-corrected chi connectivity index (χ0v) is 9.50. The molecule has 0 unspecified atom stereocenters. The van der Waals surface area contributed by atoms with Gasteiger partial charge in [-0.3, -0.25) is 0 Å². The second kappa shape index (κ2) is 3.55. The highest BCUT2D eigenvalue weighted by Gasteiger charge is 2.39. The minimum atomic E-state index is -2.82. The summed E-state index contributed by atoms with van der Waals surface area (Å²) in [6.07, 6.45) is 0. The Kier molecular flexibility index (Phi) is 2.99. The Morgan fingerprint density at radius 1 is 0.923 bits per heavy atom. The van der Waals surface area contributed by atoms with E-state index in [0.29, 0.717) is 11.5 Å². The maximum absolute atomic E-state index is 11.4. The highest BCUT2D eigenvalue weighted by molar-refractivity contribution is 7.91. The third-order valence-electron chi connectivity index (χ3n) is 2.62. The fourth-order valence-electron chi connectivity index (χ4n) is 1.80. The van der Waals surface area contributed by atoms with Crippen molar-refractivity contribution < 1.29 is 8.42 Å². The molecule has 0 aliphatic carbocycles. The molecule has 1 aliphatic rings. The van der Waals surface area contributed by atoms with Crippen molar-refractivity contribution in [1.29, 1.82) is 0 Å². The van der Waals surface area contributed by atoms with Crippen molar-refractivity contribution in [2.24, 2.45) is 0 Å². The summed E-state index contributed by atoms with van der Waals surface area (Å²) >= 11 is 0. The second-order valence-corrected chi connectivity index (χ2v) is 6.29.